The quantitative estimate of drug-likeness (QED) is 0.227. The highest BCUT2D eigenvalue weighted by atomic mass is 32.1. The fourth-order valence-corrected chi connectivity index (χ4v) is 1.06. The van der Waals surface area contributed by atoms with E-state index in [-0.39, 0.29) is 5.75 Å². The maximum absolute atomic E-state index is 10.5. The van der Waals surface area contributed by atoms with Crippen molar-refractivity contribution in [3.63, 3.8) is 0 Å². The van der Waals surface area contributed by atoms with Crippen molar-refractivity contribution in [1.29, 1.82) is 0 Å². The molecular formula is C9H15NO8S. The molecule has 0 aromatic heterocycles. The molecule has 1 heterocycles. The van der Waals surface area contributed by atoms with Crippen molar-refractivity contribution in [1.82, 2.24) is 0 Å². The highest BCUT2D eigenvalue weighted by Crippen LogP contribution is 2.20. The minimum atomic E-state index is -1.42. The van der Waals surface area contributed by atoms with Gasteiger partial charge in [-0.3, -0.25) is 4.79 Å². The van der Waals surface area contributed by atoms with Crippen molar-refractivity contribution in [2.45, 2.75) is 18.2 Å². The van der Waals surface area contributed by atoms with Gasteiger partial charge in [0.1, 0.15) is 12.1 Å². The molecule has 1 unspecified atom stereocenters. The van der Waals surface area contributed by atoms with Crippen molar-refractivity contribution in [3.8, 4) is 0 Å². The van der Waals surface area contributed by atoms with Gasteiger partial charge in [0, 0.05) is 5.75 Å². The molecule has 1 rings (SSSR count). The molecule has 0 amide bonds. The van der Waals surface area contributed by atoms with Gasteiger partial charge in [-0.15, -0.1) is 0 Å². The van der Waals surface area contributed by atoms with Gasteiger partial charge in [-0.2, -0.15) is 12.6 Å². The smallest absolute Gasteiger partial charge is 0.377 e. The number of cyclic esters (lactones) is 1. The molecule has 0 saturated carbocycles. The summed E-state index contributed by atoms with van der Waals surface area (Å²) < 4.78 is 4.32. The topological polar surface area (TPSA) is 171 Å². The van der Waals surface area contributed by atoms with Crippen LogP contribution in [0.1, 0.15) is 0 Å². The number of nitrogens with two attached hydrogens (primary N) is 1. The number of aliphatic hydroxyl groups is 4. The molecule has 0 aromatic rings. The first kappa shape index (κ1) is 17.5. The molecule has 0 fully saturated rings. The lowest BCUT2D eigenvalue weighted by Crippen LogP contribution is -2.31. The molecule has 10 heteroatoms. The molecule has 0 radical (unpaired) electrons. The lowest BCUT2D eigenvalue weighted by atomic mass is 10.2. The van der Waals surface area contributed by atoms with Crippen LogP contribution in [-0.2, 0) is 14.3 Å². The maximum Gasteiger partial charge on any atom is 0.377 e. The van der Waals surface area contributed by atoms with Crippen molar-refractivity contribution in [2.75, 3.05) is 12.4 Å². The predicted molar refractivity (Wildman–Crippen MR) is 64.7 cm³/mol. The molecule has 0 bridgehead atoms. The zero-order valence-corrected chi connectivity index (χ0v) is 10.5. The lowest BCUT2D eigenvalue weighted by Gasteiger charge is -2.13. The number of ether oxygens (including phenoxy) is 1. The van der Waals surface area contributed by atoms with E-state index in [0.29, 0.717) is 0 Å². The molecule has 0 saturated heterocycles. The molecule has 9 nitrogen and oxygen atoms in total. The van der Waals surface area contributed by atoms with Crippen LogP contribution in [0.3, 0.4) is 0 Å². The van der Waals surface area contributed by atoms with Crippen LogP contribution in [0.5, 0.6) is 0 Å². The van der Waals surface area contributed by atoms with Gasteiger partial charge in [-0.05, 0) is 0 Å². The van der Waals surface area contributed by atoms with Crippen molar-refractivity contribution in [2.24, 2.45) is 5.73 Å². The van der Waals surface area contributed by atoms with Crippen LogP contribution in [0.4, 0.5) is 0 Å². The van der Waals surface area contributed by atoms with Gasteiger partial charge in [0.25, 0.3) is 0 Å². The summed E-state index contributed by atoms with van der Waals surface area (Å²) in [6.45, 7) is -0.671. The molecule has 1 aliphatic rings. The van der Waals surface area contributed by atoms with Gasteiger partial charge in [0.05, 0.1) is 6.61 Å². The molecule has 19 heavy (non-hydrogen) atoms. The average molecular weight is 297 g/mol. The largest absolute Gasteiger partial charge is 0.505 e. The number of hydrogen-bond donors (Lipinski definition) is 7. The van der Waals surface area contributed by atoms with Crippen molar-refractivity contribution < 1.29 is 39.9 Å². The van der Waals surface area contributed by atoms with Gasteiger partial charge >= 0.3 is 11.9 Å². The summed E-state index contributed by atoms with van der Waals surface area (Å²) in [5.41, 5.74) is 4.94. The molecular weight excluding hydrogens is 282 g/mol. The number of hydrogen-bond acceptors (Lipinski definition) is 9. The molecule has 7 N–H and O–H groups in total. The minimum Gasteiger partial charge on any atom is -0.505 e. The Labute approximate surface area is 113 Å². The Kier molecular flexibility index (Phi) is 7.22. The van der Waals surface area contributed by atoms with Crippen molar-refractivity contribution >= 4 is 24.6 Å². The van der Waals surface area contributed by atoms with Crippen LogP contribution in [0, 0.1) is 0 Å². The van der Waals surface area contributed by atoms with Crippen LogP contribution in [0.15, 0.2) is 11.5 Å². The third-order valence-electron chi connectivity index (χ3n) is 1.99. The second-order valence-electron chi connectivity index (χ2n) is 3.44. The Morgan fingerprint density at radius 1 is 1.47 bits per heavy atom. The number of carbonyl (C=O) groups is 2. The van der Waals surface area contributed by atoms with E-state index in [1.54, 1.807) is 0 Å². The third-order valence-corrected chi connectivity index (χ3v) is 2.38. The van der Waals surface area contributed by atoms with Gasteiger partial charge in [-0.1, -0.05) is 0 Å². The molecule has 110 valence electrons. The Hall–Kier alpha value is -1.49. The van der Waals surface area contributed by atoms with Crippen LogP contribution in [-0.4, -0.2) is 68.1 Å². The summed E-state index contributed by atoms with van der Waals surface area (Å²) in [7, 11) is 0. The predicted octanol–water partition coefficient (Wildman–Crippen LogP) is -2.08. The number of carbonyl (C=O) groups excluding carboxylic acids is 1. The Bertz CT molecular complexity index is 371. The monoisotopic (exact) mass is 297 g/mol. The molecule has 0 spiro atoms. The van der Waals surface area contributed by atoms with E-state index < -0.39 is 48.3 Å². The van der Waals surface area contributed by atoms with Gasteiger partial charge in [0.15, 0.2) is 11.9 Å². The second kappa shape index (κ2) is 7.84. The average Bonchev–Trinajstić information content (AvgIpc) is 2.65. The first-order valence-electron chi connectivity index (χ1n) is 4.97. The zero-order chi connectivity index (χ0) is 15.2. The lowest BCUT2D eigenvalue weighted by molar-refractivity contribution is -0.147. The van der Waals surface area contributed by atoms with E-state index in [2.05, 4.69) is 17.4 Å². The number of rotatable bonds is 4. The molecule has 1 aliphatic heterocycles. The summed E-state index contributed by atoms with van der Waals surface area (Å²) in [5, 5.41) is 43.1. The third kappa shape index (κ3) is 4.95. The SMILES string of the molecule is NC(CS)C(=O)O.O=C1O[C@H]([C@@H](O)CO)C(O)=C1O. The van der Waals surface area contributed by atoms with E-state index in [9.17, 15) is 9.59 Å². The van der Waals surface area contributed by atoms with Gasteiger partial charge in [-0.25, -0.2) is 4.79 Å². The first-order chi connectivity index (χ1) is 8.76. The summed E-state index contributed by atoms with van der Waals surface area (Å²) >= 11 is 3.65. The highest BCUT2D eigenvalue weighted by molar-refractivity contribution is 7.80. The minimum absolute atomic E-state index is 0.190. The normalized spacial score (nSPS) is 21.3. The summed E-state index contributed by atoms with van der Waals surface area (Å²) in [6, 6.07) is -0.816. The van der Waals surface area contributed by atoms with E-state index in [1.807, 2.05) is 0 Å². The number of thiol groups is 1. The number of esters is 1. The molecule has 3 atom stereocenters. The summed E-state index contributed by atoms with van der Waals surface area (Å²) in [5.74, 6) is -3.59. The number of aliphatic carboxylic acids is 1. The Morgan fingerprint density at radius 2 is 2.00 bits per heavy atom. The van der Waals surface area contributed by atoms with Crippen LogP contribution in [0.2, 0.25) is 0 Å². The number of carboxylic acids is 1. The maximum atomic E-state index is 10.5. The molecule has 0 aliphatic carbocycles. The second-order valence-corrected chi connectivity index (χ2v) is 3.80. The summed E-state index contributed by atoms with van der Waals surface area (Å²) in [6.07, 6.45) is -2.78. The number of carboxylic acid groups (broad SMARTS) is 1. The highest BCUT2D eigenvalue weighted by Gasteiger charge is 2.38. The van der Waals surface area contributed by atoms with Crippen LogP contribution < -0.4 is 5.73 Å². The van der Waals surface area contributed by atoms with E-state index >= 15 is 0 Å². The van der Waals surface area contributed by atoms with Gasteiger partial charge < -0.3 is 36.0 Å². The fourth-order valence-electron chi connectivity index (χ4n) is 0.901. The van der Waals surface area contributed by atoms with E-state index in [4.69, 9.17) is 31.3 Å². The van der Waals surface area contributed by atoms with E-state index in [1.165, 1.54) is 0 Å². The Morgan fingerprint density at radius 3 is 2.21 bits per heavy atom. The van der Waals surface area contributed by atoms with E-state index in [0.717, 1.165) is 0 Å². The zero-order valence-electron chi connectivity index (χ0n) is 9.63. The summed E-state index contributed by atoms with van der Waals surface area (Å²) in [4.78, 5) is 20.3. The van der Waals surface area contributed by atoms with Gasteiger partial charge in [0.2, 0.25) is 5.76 Å². The van der Waals surface area contributed by atoms with Crippen LogP contribution in [0.25, 0.3) is 0 Å². The fraction of sp³-hybridized carbons (Fsp3) is 0.556. The number of aliphatic hydroxyl groups excluding tert-OH is 4. The first-order valence-corrected chi connectivity index (χ1v) is 5.60. The molecule has 0 aromatic carbocycles. The van der Waals surface area contributed by atoms with Crippen LogP contribution >= 0.6 is 12.6 Å². The Balaban J connectivity index is 0.000000399. The standard InChI is InChI=1S/C6H8O6.C3H7NO2S/c7-1-2(8)5-3(9)4(10)6(11)12-5;4-2(1-7)3(5)6/h2,5,7-10H,1H2;2,7H,1,4H2,(H,5,6)/t2-,5+;/m0./s1. The van der Waals surface area contributed by atoms with Crippen molar-refractivity contribution in [3.05, 3.63) is 11.5 Å².